The average molecular weight is 604 g/mol. The highest BCUT2D eigenvalue weighted by atomic mass is 79.9. The van der Waals surface area contributed by atoms with Crippen LogP contribution in [-0.4, -0.2) is 24.5 Å². The Bertz CT molecular complexity index is 1440. The zero-order chi connectivity index (χ0) is 26.7. The van der Waals surface area contributed by atoms with Gasteiger partial charge in [-0.3, -0.25) is 14.9 Å². The number of benzene rings is 3. The van der Waals surface area contributed by atoms with Gasteiger partial charge in [0.25, 0.3) is 11.8 Å². The van der Waals surface area contributed by atoms with Gasteiger partial charge in [0.05, 0.1) is 16.8 Å². The Morgan fingerprint density at radius 2 is 1.78 bits per heavy atom. The summed E-state index contributed by atoms with van der Waals surface area (Å²) in [5.41, 5.74) is 1.96. The number of ether oxygens (including phenoxy) is 2. The molecule has 10 heteroatoms. The van der Waals surface area contributed by atoms with E-state index in [9.17, 15) is 14.4 Å². The van der Waals surface area contributed by atoms with E-state index in [0.717, 1.165) is 10.5 Å². The minimum absolute atomic E-state index is 0.221. The Labute approximate surface area is 232 Å². The summed E-state index contributed by atoms with van der Waals surface area (Å²) in [6.45, 7) is 4.12. The number of carbonyl (C=O) groups excluding carboxylic acids is 3. The number of nitrogens with one attached hydrogen (secondary N) is 1. The summed E-state index contributed by atoms with van der Waals surface area (Å²) >= 11 is 15.8. The Morgan fingerprint density at radius 1 is 1.03 bits per heavy atom. The predicted molar refractivity (Wildman–Crippen MR) is 146 cm³/mol. The number of anilines is 1. The van der Waals surface area contributed by atoms with Gasteiger partial charge in [-0.05, 0) is 88.9 Å². The molecule has 7 nitrogen and oxygen atoms in total. The summed E-state index contributed by atoms with van der Waals surface area (Å²) in [4.78, 5) is 39.4. The fraction of sp³-hybridized carbons (Fsp3) is 0.148. The van der Waals surface area contributed by atoms with Crippen LogP contribution in [0.25, 0.3) is 6.08 Å². The van der Waals surface area contributed by atoms with Crippen LogP contribution < -0.4 is 19.7 Å². The summed E-state index contributed by atoms with van der Waals surface area (Å²) in [6.07, 6.45) is 1.39. The number of rotatable bonds is 7. The number of nitrogens with zero attached hydrogens (tertiary/aromatic N) is 1. The van der Waals surface area contributed by atoms with Crippen LogP contribution in [0.15, 0.2) is 64.6 Å². The molecule has 0 unspecified atom stereocenters. The number of carbonyl (C=O) groups is 3. The average Bonchev–Trinajstić information content (AvgIpc) is 2.84. The zero-order valence-electron chi connectivity index (χ0n) is 19.8. The molecule has 3 aromatic carbocycles. The zero-order valence-corrected chi connectivity index (χ0v) is 22.9. The first-order chi connectivity index (χ1) is 17.7. The Morgan fingerprint density at radius 3 is 2.51 bits per heavy atom. The SMILES string of the molecule is CCOc1cc(/C=C2\C(=O)NC(=O)N(c3cccc(Cl)c3C)C2=O)cc(Br)c1OCc1cccc(Cl)c1. The van der Waals surface area contributed by atoms with Crippen LogP contribution >= 0.6 is 39.1 Å². The first-order valence-corrected chi connectivity index (χ1v) is 12.7. The van der Waals surface area contributed by atoms with E-state index >= 15 is 0 Å². The Balaban J connectivity index is 1.68. The molecule has 0 aliphatic carbocycles. The van der Waals surface area contributed by atoms with Gasteiger partial charge in [-0.15, -0.1) is 0 Å². The van der Waals surface area contributed by atoms with E-state index in [1.165, 1.54) is 6.08 Å². The maximum absolute atomic E-state index is 13.3. The molecule has 4 rings (SSSR count). The van der Waals surface area contributed by atoms with Gasteiger partial charge in [0.1, 0.15) is 12.2 Å². The van der Waals surface area contributed by atoms with Gasteiger partial charge in [-0.2, -0.15) is 0 Å². The maximum Gasteiger partial charge on any atom is 0.335 e. The number of barbiturate groups is 1. The summed E-state index contributed by atoms with van der Waals surface area (Å²) < 4.78 is 12.3. The number of hydrogen-bond acceptors (Lipinski definition) is 5. The monoisotopic (exact) mass is 602 g/mol. The largest absolute Gasteiger partial charge is 0.490 e. The molecule has 1 saturated heterocycles. The van der Waals surface area contributed by atoms with Gasteiger partial charge in [0, 0.05) is 10.0 Å². The van der Waals surface area contributed by atoms with E-state index < -0.39 is 17.8 Å². The number of imide groups is 2. The van der Waals surface area contributed by atoms with Crippen LogP contribution in [0.1, 0.15) is 23.6 Å². The fourth-order valence-electron chi connectivity index (χ4n) is 3.74. The molecule has 0 saturated carbocycles. The van der Waals surface area contributed by atoms with Crippen molar-refractivity contribution in [3.05, 3.63) is 91.4 Å². The topological polar surface area (TPSA) is 84.9 Å². The highest BCUT2D eigenvalue weighted by molar-refractivity contribution is 9.10. The number of urea groups is 1. The fourth-order valence-corrected chi connectivity index (χ4v) is 4.69. The van der Waals surface area contributed by atoms with Crippen LogP contribution in [0.5, 0.6) is 11.5 Å². The van der Waals surface area contributed by atoms with E-state index in [1.54, 1.807) is 49.4 Å². The smallest absolute Gasteiger partial charge is 0.335 e. The summed E-state index contributed by atoms with van der Waals surface area (Å²) in [7, 11) is 0. The van der Waals surface area contributed by atoms with Crippen molar-refractivity contribution in [2.24, 2.45) is 0 Å². The third-order valence-corrected chi connectivity index (χ3v) is 6.73. The molecule has 0 atom stereocenters. The second kappa shape index (κ2) is 11.4. The molecule has 1 heterocycles. The van der Waals surface area contributed by atoms with Gasteiger partial charge in [0.2, 0.25) is 0 Å². The maximum atomic E-state index is 13.3. The Kier molecular flexibility index (Phi) is 8.22. The van der Waals surface area contributed by atoms with Crippen molar-refractivity contribution < 1.29 is 23.9 Å². The molecule has 1 N–H and O–H groups in total. The van der Waals surface area contributed by atoms with Crippen molar-refractivity contribution in [2.75, 3.05) is 11.5 Å². The lowest BCUT2D eigenvalue weighted by atomic mass is 10.1. The van der Waals surface area contributed by atoms with E-state index in [2.05, 4.69) is 21.2 Å². The number of hydrogen-bond donors (Lipinski definition) is 1. The molecule has 0 radical (unpaired) electrons. The quantitative estimate of drug-likeness (QED) is 0.240. The first-order valence-electron chi connectivity index (χ1n) is 11.2. The molecule has 190 valence electrons. The molecular weight excluding hydrogens is 583 g/mol. The summed E-state index contributed by atoms with van der Waals surface area (Å²) in [5.74, 6) is -0.710. The van der Waals surface area contributed by atoms with E-state index in [-0.39, 0.29) is 17.9 Å². The second-order valence-electron chi connectivity index (χ2n) is 8.02. The molecule has 37 heavy (non-hydrogen) atoms. The Hall–Kier alpha value is -3.33. The minimum atomic E-state index is -0.849. The number of halogens is 3. The molecule has 0 aromatic heterocycles. The third-order valence-electron chi connectivity index (χ3n) is 5.50. The van der Waals surface area contributed by atoms with Gasteiger partial charge >= 0.3 is 6.03 Å². The molecule has 4 amide bonds. The van der Waals surface area contributed by atoms with E-state index in [0.29, 0.717) is 43.8 Å². The summed E-state index contributed by atoms with van der Waals surface area (Å²) in [6, 6.07) is 14.7. The predicted octanol–water partition coefficient (Wildman–Crippen LogP) is 6.71. The van der Waals surface area contributed by atoms with Crippen LogP contribution in [-0.2, 0) is 16.2 Å². The van der Waals surface area contributed by atoms with Crippen molar-refractivity contribution in [1.29, 1.82) is 0 Å². The van der Waals surface area contributed by atoms with Crippen molar-refractivity contribution in [3.63, 3.8) is 0 Å². The summed E-state index contributed by atoms with van der Waals surface area (Å²) in [5, 5.41) is 3.21. The van der Waals surface area contributed by atoms with Gasteiger partial charge < -0.3 is 9.47 Å². The first kappa shape index (κ1) is 26.7. The van der Waals surface area contributed by atoms with Crippen LogP contribution in [0, 0.1) is 6.92 Å². The van der Waals surface area contributed by atoms with Crippen LogP contribution in [0.2, 0.25) is 10.0 Å². The normalized spacial score (nSPS) is 14.7. The van der Waals surface area contributed by atoms with E-state index in [4.69, 9.17) is 32.7 Å². The molecule has 1 aliphatic heterocycles. The van der Waals surface area contributed by atoms with Crippen molar-refractivity contribution in [3.8, 4) is 11.5 Å². The van der Waals surface area contributed by atoms with Crippen molar-refractivity contribution in [1.82, 2.24) is 5.32 Å². The van der Waals surface area contributed by atoms with E-state index in [1.807, 2.05) is 19.1 Å². The third kappa shape index (κ3) is 5.82. The minimum Gasteiger partial charge on any atom is -0.490 e. The van der Waals surface area contributed by atoms with Gasteiger partial charge in [0.15, 0.2) is 11.5 Å². The number of amides is 4. The lowest BCUT2D eigenvalue weighted by Crippen LogP contribution is -2.54. The molecule has 0 bridgehead atoms. The highest BCUT2D eigenvalue weighted by Gasteiger charge is 2.37. The standard InChI is InChI=1S/C27H21BrCl2N2O5/c1-3-36-23-13-17(12-20(28)24(23)37-14-16-6-4-7-18(29)10-16)11-19-25(33)31-27(35)32(26(19)34)22-9-5-8-21(30)15(22)2/h4-13H,3,14H2,1-2H3,(H,31,33,35)/b19-11+. The molecule has 0 spiro atoms. The molecule has 1 fully saturated rings. The van der Waals surface area contributed by atoms with Gasteiger partial charge in [-0.1, -0.05) is 41.4 Å². The molecular formula is C27H21BrCl2N2O5. The lowest BCUT2D eigenvalue weighted by molar-refractivity contribution is -0.122. The van der Waals surface area contributed by atoms with Crippen LogP contribution in [0.4, 0.5) is 10.5 Å². The highest BCUT2D eigenvalue weighted by Crippen LogP contribution is 2.38. The molecule has 1 aliphatic rings. The van der Waals surface area contributed by atoms with Crippen molar-refractivity contribution >= 4 is 68.7 Å². The lowest BCUT2D eigenvalue weighted by Gasteiger charge is -2.27. The van der Waals surface area contributed by atoms with Crippen molar-refractivity contribution in [2.45, 2.75) is 20.5 Å². The van der Waals surface area contributed by atoms with Gasteiger partial charge in [-0.25, -0.2) is 9.69 Å². The molecule has 3 aromatic rings. The van der Waals surface area contributed by atoms with Crippen LogP contribution in [0.3, 0.4) is 0 Å². The second-order valence-corrected chi connectivity index (χ2v) is 9.72.